The van der Waals surface area contributed by atoms with Gasteiger partial charge < -0.3 is 14.4 Å². The Balaban J connectivity index is 2.06. The van der Waals surface area contributed by atoms with Crippen molar-refractivity contribution in [1.82, 2.24) is 9.55 Å². The zero-order valence-electron chi connectivity index (χ0n) is 10.5. The van der Waals surface area contributed by atoms with Crippen LogP contribution in [0.3, 0.4) is 0 Å². The Bertz CT molecular complexity index is 640. The molecule has 6 heteroatoms. The van der Waals surface area contributed by atoms with Crippen molar-refractivity contribution in [2.24, 2.45) is 0 Å². The van der Waals surface area contributed by atoms with Crippen molar-refractivity contribution in [3.8, 4) is 0 Å². The quantitative estimate of drug-likeness (QED) is 0.931. The second kappa shape index (κ2) is 4.54. The molecule has 0 saturated heterocycles. The minimum atomic E-state index is -0.844. The van der Waals surface area contributed by atoms with Crippen molar-refractivity contribution in [2.75, 3.05) is 12.4 Å². The van der Waals surface area contributed by atoms with Crippen LogP contribution in [0.5, 0.6) is 0 Å². The molecule has 3 rings (SSSR count). The smallest absolute Gasteiger partial charge is 0.313 e. The molecule has 0 saturated carbocycles. The molecule has 1 aliphatic heterocycles. The van der Waals surface area contributed by atoms with Gasteiger partial charge in [0.05, 0.1) is 23.4 Å². The van der Waals surface area contributed by atoms with E-state index in [1.54, 1.807) is 0 Å². The van der Waals surface area contributed by atoms with Gasteiger partial charge in [-0.15, -0.1) is 11.8 Å². The summed E-state index contributed by atoms with van der Waals surface area (Å²) >= 11 is 1.26. The molecule has 0 aliphatic carbocycles. The number of benzene rings is 1. The number of para-hydroxylation sites is 2. The first-order valence-electron chi connectivity index (χ1n) is 6.05. The minimum absolute atomic E-state index is 0.000292. The molecule has 100 valence electrons. The molecule has 0 radical (unpaired) electrons. The van der Waals surface area contributed by atoms with Crippen LogP contribution in [0.15, 0.2) is 24.3 Å². The number of hydrogen-bond acceptors (Lipinski definition) is 4. The van der Waals surface area contributed by atoms with Crippen LogP contribution in [0.4, 0.5) is 0 Å². The third kappa shape index (κ3) is 2.11. The van der Waals surface area contributed by atoms with Gasteiger partial charge in [0.25, 0.3) is 0 Å². The highest BCUT2D eigenvalue weighted by Gasteiger charge is 2.37. The Hall–Kier alpha value is -1.53. The number of fused-ring (bicyclic) bond motifs is 3. The van der Waals surface area contributed by atoms with Crippen LogP contribution in [0.1, 0.15) is 12.7 Å². The Labute approximate surface area is 114 Å². The Kier molecular flexibility index (Phi) is 2.99. The minimum Gasteiger partial charge on any atom is -0.481 e. The molecule has 2 heterocycles. The van der Waals surface area contributed by atoms with E-state index in [1.807, 2.05) is 31.2 Å². The lowest BCUT2D eigenvalue weighted by Gasteiger charge is -2.33. The first-order valence-corrected chi connectivity index (χ1v) is 7.04. The van der Waals surface area contributed by atoms with Gasteiger partial charge in [-0.2, -0.15) is 0 Å². The lowest BCUT2D eigenvalue weighted by molar-refractivity contribution is -0.134. The molecule has 0 amide bonds. The number of carbonyl (C=O) groups is 1. The molecular weight excluding hydrogens is 264 g/mol. The van der Waals surface area contributed by atoms with Crippen LogP contribution in [-0.2, 0) is 21.0 Å². The first kappa shape index (κ1) is 12.5. The molecule has 1 aliphatic rings. The molecule has 1 N–H and O–H groups in total. The van der Waals surface area contributed by atoms with Gasteiger partial charge in [0, 0.05) is 6.54 Å². The third-order valence-electron chi connectivity index (χ3n) is 3.22. The van der Waals surface area contributed by atoms with E-state index in [2.05, 4.69) is 9.55 Å². The third-order valence-corrected chi connectivity index (χ3v) is 4.47. The normalized spacial score (nSPS) is 22.4. The van der Waals surface area contributed by atoms with E-state index >= 15 is 0 Å². The maximum atomic E-state index is 10.8. The molecule has 19 heavy (non-hydrogen) atoms. The molecular formula is C13H14N2O3S. The number of hydrogen-bond donors (Lipinski definition) is 1. The summed E-state index contributed by atoms with van der Waals surface area (Å²) in [5.74, 6) is -0.0473. The van der Waals surface area contributed by atoms with Gasteiger partial charge in [-0.25, -0.2) is 4.98 Å². The van der Waals surface area contributed by atoms with Crippen molar-refractivity contribution in [2.45, 2.75) is 18.4 Å². The average Bonchev–Trinajstić information content (AvgIpc) is 2.78. The Morgan fingerprint density at radius 2 is 2.37 bits per heavy atom. The van der Waals surface area contributed by atoms with Gasteiger partial charge in [-0.1, -0.05) is 12.1 Å². The number of aliphatic carboxylic acids is 1. The fourth-order valence-electron chi connectivity index (χ4n) is 2.35. The number of aromatic nitrogens is 2. The van der Waals surface area contributed by atoms with Crippen LogP contribution < -0.4 is 0 Å². The van der Waals surface area contributed by atoms with Crippen molar-refractivity contribution in [3.63, 3.8) is 0 Å². The number of rotatable bonds is 3. The van der Waals surface area contributed by atoms with E-state index < -0.39 is 10.9 Å². The topological polar surface area (TPSA) is 64.3 Å². The second-order valence-corrected chi connectivity index (χ2v) is 5.91. The second-order valence-electron chi connectivity index (χ2n) is 4.55. The molecule has 1 aromatic heterocycles. The predicted octanol–water partition coefficient (Wildman–Crippen LogP) is 2.06. The lowest BCUT2D eigenvalue weighted by Crippen LogP contribution is -2.34. The fourth-order valence-corrected chi connectivity index (χ4v) is 3.20. The molecule has 5 nitrogen and oxygen atoms in total. The highest BCUT2D eigenvalue weighted by atomic mass is 32.2. The number of nitrogens with zero attached hydrogens (tertiary/aromatic N) is 2. The summed E-state index contributed by atoms with van der Waals surface area (Å²) in [5.41, 5.74) is 1.99. The van der Waals surface area contributed by atoms with E-state index in [4.69, 9.17) is 9.84 Å². The van der Waals surface area contributed by atoms with E-state index in [-0.39, 0.29) is 5.75 Å². The largest absolute Gasteiger partial charge is 0.481 e. The van der Waals surface area contributed by atoms with Crippen LogP contribution in [0.2, 0.25) is 0 Å². The number of ether oxygens (including phenoxy) is 1. The molecule has 0 fully saturated rings. The number of carboxylic acid groups (broad SMARTS) is 1. The summed E-state index contributed by atoms with van der Waals surface area (Å²) in [6.07, 6.45) is 0. The van der Waals surface area contributed by atoms with Gasteiger partial charge in [-0.05, 0) is 19.1 Å². The first-order chi connectivity index (χ1) is 9.10. The molecule has 1 atom stereocenters. The standard InChI is InChI=1S/C13H14N2O3S/c1-13(19-8-11(16)17)12-14-9-4-2-3-5-10(9)15(12)6-7-18-13/h2-5H,6-8H2,1H3,(H,16,17). The average molecular weight is 278 g/mol. The zero-order chi connectivity index (χ0) is 13.5. The van der Waals surface area contributed by atoms with Gasteiger partial charge >= 0.3 is 5.97 Å². The van der Waals surface area contributed by atoms with E-state index in [9.17, 15) is 4.79 Å². The maximum absolute atomic E-state index is 10.8. The van der Waals surface area contributed by atoms with Crippen molar-refractivity contribution < 1.29 is 14.6 Å². The molecule has 1 unspecified atom stereocenters. The van der Waals surface area contributed by atoms with Crippen molar-refractivity contribution in [1.29, 1.82) is 0 Å². The van der Waals surface area contributed by atoms with Gasteiger partial charge in [0.1, 0.15) is 0 Å². The summed E-state index contributed by atoms with van der Waals surface area (Å²) in [6, 6.07) is 7.92. The molecule has 0 spiro atoms. The van der Waals surface area contributed by atoms with Gasteiger partial charge in [0.15, 0.2) is 10.8 Å². The lowest BCUT2D eigenvalue weighted by atomic mass is 10.3. The molecule has 0 bridgehead atoms. The van der Waals surface area contributed by atoms with Crippen LogP contribution in [0, 0.1) is 0 Å². The Morgan fingerprint density at radius 3 is 3.16 bits per heavy atom. The molecule has 2 aromatic rings. The van der Waals surface area contributed by atoms with Gasteiger partial charge in [-0.3, -0.25) is 4.79 Å². The molecule has 1 aromatic carbocycles. The summed E-state index contributed by atoms with van der Waals surface area (Å²) in [4.78, 5) is 14.7. The van der Waals surface area contributed by atoms with Crippen molar-refractivity contribution >= 4 is 28.8 Å². The highest BCUT2D eigenvalue weighted by molar-refractivity contribution is 8.00. The predicted molar refractivity (Wildman–Crippen MR) is 73.1 cm³/mol. The van der Waals surface area contributed by atoms with Crippen LogP contribution >= 0.6 is 11.8 Å². The van der Waals surface area contributed by atoms with E-state index in [1.165, 1.54) is 11.8 Å². The van der Waals surface area contributed by atoms with Crippen molar-refractivity contribution in [3.05, 3.63) is 30.1 Å². The summed E-state index contributed by atoms with van der Waals surface area (Å²) in [5, 5.41) is 8.84. The zero-order valence-corrected chi connectivity index (χ0v) is 11.3. The highest BCUT2D eigenvalue weighted by Crippen LogP contribution is 2.40. The number of carboxylic acids is 1. The summed E-state index contributed by atoms with van der Waals surface area (Å²) in [7, 11) is 0. The van der Waals surface area contributed by atoms with E-state index in [0.717, 1.165) is 23.4 Å². The maximum Gasteiger partial charge on any atom is 0.313 e. The van der Waals surface area contributed by atoms with Crippen LogP contribution in [0.25, 0.3) is 11.0 Å². The number of imidazole rings is 1. The van der Waals surface area contributed by atoms with Crippen LogP contribution in [-0.4, -0.2) is 33.0 Å². The van der Waals surface area contributed by atoms with Gasteiger partial charge in [0.2, 0.25) is 0 Å². The fraction of sp³-hybridized carbons (Fsp3) is 0.385. The summed E-state index contributed by atoms with van der Waals surface area (Å²) in [6.45, 7) is 3.20. The Morgan fingerprint density at radius 1 is 1.58 bits per heavy atom. The number of thioether (sulfide) groups is 1. The van der Waals surface area contributed by atoms with E-state index in [0.29, 0.717) is 6.61 Å². The summed E-state index contributed by atoms with van der Waals surface area (Å²) < 4.78 is 7.91. The SMILES string of the molecule is CC1(SCC(=O)O)OCCn2c1nc1ccccc12. The monoisotopic (exact) mass is 278 g/mol.